The summed E-state index contributed by atoms with van der Waals surface area (Å²) in [5.41, 5.74) is 5.94. The van der Waals surface area contributed by atoms with Gasteiger partial charge in [-0.3, -0.25) is 5.10 Å². The van der Waals surface area contributed by atoms with Crippen molar-refractivity contribution >= 4 is 5.82 Å². The van der Waals surface area contributed by atoms with Gasteiger partial charge in [0.25, 0.3) is 0 Å². The number of hydrogen-bond acceptors (Lipinski definition) is 2. The number of hydrogen-bond donors (Lipinski definition) is 2. The average molecular weight is 213 g/mol. The van der Waals surface area contributed by atoms with Crippen LogP contribution in [0.15, 0.2) is 0 Å². The maximum atomic E-state index is 13.6. The first kappa shape index (κ1) is 12.0. The van der Waals surface area contributed by atoms with E-state index in [0.29, 0.717) is 17.5 Å². The van der Waals surface area contributed by atoms with E-state index < -0.39 is 0 Å². The fraction of sp³-hybridized carbons (Fsp3) is 0.727. The highest BCUT2D eigenvalue weighted by molar-refractivity contribution is 5.33. The molecule has 15 heavy (non-hydrogen) atoms. The van der Waals surface area contributed by atoms with Crippen LogP contribution < -0.4 is 5.73 Å². The molecule has 1 aromatic heterocycles. The second-order valence-corrected chi connectivity index (χ2v) is 4.82. The largest absolute Gasteiger partial charge is 0.380 e. The summed E-state index contributed by atoms with van der Waals surface area (Å²) in [6, 6.07) is 0. The van der Waals surface area contributed by atoms with Crippen LogP contribution in [0, 0.1) is 17.7 Å². The van der Waals surface area contributed by atoms with Crippen LogP contribution in [0.3, 0.4) is 0 Å². The molecule has 1 rings (SSSR count). The Morgan fingerprint density at radius 2 is 1.93 bits per heavy atom. The van der Waals surface area contributed by atoms with Crippen molar-refractivity contribution in [3.63, 3.8) is 0 Å². The van der Waals surface area contributed by atoms with Crippen molar-refractivity contribution < 1.29 is 4.39 Å². The van der Waals surface area contributed by atoms with Crippen molar-refractivity contribution in [2.24, 2.45) is 11.8 Å². The lowest BCUT2D eigenvalue weighted by Gasteiger charge is -2.21. The minimum Gasteiger partial charge on any atom is -0.380 e. The summed E-state index contributed by atoms with van der Waals surface area (Å²) in [7, 11) is 0. The number of nitrogens with zero attached hydrogens (tertiary/aromatic N) is 1. The number of H-pyrrole nitrogens is 1. The van der Waals surface area contributed by atoms with Crippen LogP contribution in [0.1, 0.15) is 45.7 Å². The third-order valence-electron chi connectivity index (χ3n) is 2.66. The smallest absolute Gasteiger partial charge is 0.188 e. The number of rotatable bonds is 4. The van der Waals surface area contributed by atoms with Crippen molar-refractivity contribution in [3.05, 3.63) is 11.5 Å². The molecule has 0 bridgehead atoms. The van der Waals surface area contributed by atoms with E-state index in [1.807, 2.05) is 0 Å². The quantitative estimate of drug-likeness (QED) is 0.808. The highest BCUT2D eigenvalue weighted by Gasteiger charge is 2.24. The molecule has 3 N–H and O–H groups in total. The summed E-state index contributed by atoms with van der Waals surface area (Å²) >= 11 is 0. The molecule has 0 spiro atoms. The fourth-order valence-corrected chi connectivity index (χ4v) is 1.83. The first-order valence-electron chi connectivity index (χ1n) is 5.42. The van der Waals surface area contributed by atoms with Gasteiger partial charge in [0.05, 0.1) is 5.69 Å². The standard InChI is InChI=1S/C11H20FN3/c1-6(2)5-8(7(3)4)10-9(12)11(13)15-14-10/h6-8H,5H2,1-4H3,(H3,13,14,15). The first-order chi connectivity index (χ1) is 6.93. The SMILES string of the molecule is CC(C)CC(c1[nH]nc(N)c1F)C(C)C. The average Bonchev–Trinajstić information content (AvgIpc) is 2.44. The number of nitrogens with one attached hydrogen (secondary N) is 1. The molecule has 0 aliphatic carbocycles. The lowest BCUT2D eigenvalue weighted by atomic mass is 9.85. The summed E-state index contributed by atoms with van der Waals surface area (Å²) in [6.45, 7) is 8.44. The molecule has 86 valence electrons. The van der Waals surface area contributed by atoms with Crippen LogP contribution in [-0.4, -0.2) is 10.2 Å². The summed E-state index contributed by atoms with van der Waals surface area (Å²) < 4.78 is 13.6. The van der Waals surface area contributed by atoms with Crippen molar-refractivity contribution in [1.82, 2.24) is 10.2 Å². The second kappa shape index (κ2) is 4.64. The number of aromatic nitrogens is 2. The van der Waals surface area contributed by atoms with Gasteiger partial charge in [0.15, 0.2) is 11.6 Å². The second-order valence-electron chi connectivity index (χ2n) is 4.82. The van der Waals surface area contributed by atoms with Gasteiger partial charge in [-0.25, -0.2) is 4.39 Å². The monoisotopic (exact) mass is 213 g/mol. The van der Waals surface area contributed by atoms with E-state index in [4.69, 9.17) is 5.73 Å². The van der Waals surface area contributed by atoms with Gasteiger partial charge in [-0.15, -0.1) is 0 Å². The van der Waals surface area contributed by atoms with Gasteiger partial charge in [-0.1, -0.05) is 27.7 Å². The summed E-state index contributed by atoms with van der Waals surface area (Å²) in [5, 5.41) is 6.42. The molecule has 0 saturated heterocycles. The zero-order valence-corrected chi connectivity index (χ0v) is 9.84. The Hall–Kier alpha value is -1.06. The van der Waals surface area contributed by atoms with Crippen molar-refractivity contribution in [1.29, 1.82) is 0 Å². The molecular formula is C11H20FN3. The van der Waals surface area contributed by atoms with Crippen LogP contribution in [0.4, 0.5) is 10.2 Å². The van der Waals surface area contributed by atoms with E-state index in [1.165, 1.54) is 0 Å². The molecule has 1 heterocycles. The van der Waals surface area contributed by atoms with Gasteiger partial charge < -0.3 is 5.73 Å². The molecule has 1 aromatic rings. The lowest BCUT2D eigenvalue weighted by molar-refractivity contribution is 0.388. The number of nitrogens with two attached hydrogens (primary N) is 1. The molecule has 0 aliphatic rings. The molecule has 4 heteroatoms. The van der Waals surface area contributed by atoms with Gasteiger partial charge in [0.1, 0.15) is 0 Å². The van der Waals surface area contributed by atoms with E-state index in [9.17, 15) is 4.39 Å². The summed E-state index contributed by atoms with van der Waals surface area (Å²) in [5.74, 6) is 0.659. The molecule has 1 atom stereocenters. The third-order valence-corrected chi connectivity index (χ3v) is 2.66. The molecular weight excluding hydrogens is 193 g/mol. The van der Waals surface area contributed by atoms with Gasteiger partial charge >= 0.3 is 0 Å². The van der Waals surface area contributed by atoms with E-state index in [2.05, 4.69) is 37.9 Å². The maximum Gasteiger partial charge on any atom is 0.188 e. The molecule has 1 unspecified atom stereocenters. The normalized spacial score (nSPS) is 13.8. The molecule has 0 fully saturated rings. The molecule has 0 aromatic carbocycles. The molecule has 0 radical (unpaired) electrons. The van der Waals surface area contributed by atoms with Gasteiger partial charge in [0.2, 0.25) is 0 Å². The van der Waals surface area contributed by atoms with Crippen LogP contribution in [0.5, 0.6) is 0 Å². The third kappa shape index (κ3) is 2.70. The van der Waals surface area contributed by atoms with Crippen LogP contribution in [0.25, 0.3) is 0 Å². The van der Waals surface area contributed by atoms with Crippen LogP contribution in [-0.2, 0) is 0 Å². The van der Waals surface area contributed by atoms with E-state index in [0.717, 1.165) is 6.42 Å². The Bertz CT molecular complexity index is 318. The van der Waals surface area contributed by atoms with Crippen molar-refractivity contribution in [2.45, 2.75) is 40.0 Å². The van der Waals surface area contributed by atoms with Gasteiger partial charge in [0, 0.05) is 5.92 Å². The van der Waals surface area contributed by atoms with E-state index in [-0.39, 0.29) is 17.6 Å². The highest BCUT2D eigenvalue weighted by atomic mass is 19.1. The Balaban J connectivity index is 2.94. The number of anilines is 1. The minimum atomic E-state index is -0.380. The predicted octanol–water partition coefficient (Wildman–Crippen LogP) is 2.92. The van der Waals surface area contributed by atoms with Gasteiger partial charge in [-0.2, -0.15) is 5.10 Å². The number of halogens is 1. The van der Waals surface area contributed by atoms with Crippen LogP contribution in [0.2, 0.25) is 0 Å². The highest BCUT2D eigenvalue weighted by Crippen LogP contribution is 2.32. The topological polar surface area (TPSA) is 54.7 Å². The molecule has 3 nitrogen and oxygen atoms in total. The number of nitrogen functional groups attached to an aromatic ring is 1. The van der Waals surface area contributed by atoms with E-state index in [1.54, 1.807) is 0 Å². The van der Waals surface area contributed by atoms with Crippen molar-refractivity contribution in [3.8, 4) is 0 Å². The van der Waals surface area contributed by atoms with Crippen LogP contribution >= 0.6 is 0 Å². The zero-order valence-electron chi connectivity index (χ0n) is 9.84. The summed E-state index contributed by atoms with van der Waals surface area (Å²) in [4.78, 5) is 0. The Labute approximate surface area is 90.3 Å². The Kier molecular flexibility index (Phi) is 3.72. The molecule has 0 aliphatic heterocycles. The molecule has 0 saturated carbocycles. The zero-order chi connectivity index (χ0) is 11.6. The van der Waals surface area contributed by atoms with E-state index >= 15 is 0 Å². The summed E-state index contributed by atoms with van der Waals surface area (Å²) in [6.07, 6.45) is 0.941. The molecule has 0 amide bonds. The van der Waals surface area contributed by atoms with Crippen molar-refractivity contribution in [2.75, 3.05) is 5.73 Å². The Morgan fingerprint density at radius 1 is 1.33 bits per heavy atom. The maximum absolute atomic E-state index is 13.6. The van der Waals surface area contributed by atoms with Gasteiger partial charge in [-0.05, 0) is 18.3 Å². The first-order valence-corrected chi connectivity index (χ1v) is 5.42. The minimum absolute atomic E-state index is 0.0283. The Morgan fingerprint density at radius 3 is 2.27 bits per heavy atom. The number of aromatic amines is 1. The predicted molar refractivity (Wildman–Crippen MR) is 60.0 cm³/mol. The fourth-order valence-electron chi connectivity index (χ4n) is 1.83. The lowest BCUT2D eigenvalue weighted by Crippen LogP contribution is -2.12.